The summed E-state index contributed by atoms with van der Waals surface area (Å²) in [6, 6.07) is 23.0. The second kappa shape index (κ2) is 25.4. The summed E-state index contributed by atoms with van der Waals surface area (Å²) in [6.07, 6.45) is 17.3. The molecule has 0 aliphatic carbocycles. The van der Waals surface area contributed by atoms with E-state index in [1.54, 1.807) is 12.1 Å². The number of para-hydroxylation sites is 2. The Labute approximate surface area is 330 Å². The van der Waals surface area contributed by atoms with Crippen molar-refractivity contribution in [3.63, 3.8) is 0 Å². The van der Waals surface area contributed by atoms with Gasteiger partial charge in [-0.15, -0.1) is 0 Å². The van der Waals surface area contributed by atoms with Gasteiger partial charge in [0.05, 0.1) is 30.2 Å². The number of rotatable bonds is 26. The van der Waals surface area contributed by atoms with Crippen molar-refractivity contribution >= 4 is 28.9 Å². The van der Waals surface area contributed by atoms with E-state index in [0.717, 1.165) is 42.7 Å². The minimum absolute atomic E-state index is 0.00652. The Kier molecular flexibility index (Phi) is 20.3. The Morgan fingerprint density at radius 1 is 0.691 bits per heavy atom. The van der Waals surface area contributed by atoms with Gasteiger partial charge < -0.3 is 35.8 Å². The lowest BCUT2D eigenvalue weighted by atomic mass is 9.99. The average molecular weight is 757 g/mol. The summed E-state index contributed by atoms with van der Waals surface area (Å²) >= 11 is 0. The van der Waals surface area contributed by atoms with Gasteiger partial charge in [0.25, 0.3) is 0 Å². The van der Waals surface area contributed by atoms with Crippen LogP contribution in [0.1, 0.15) is 152 Å². The molecule has 3 atom stereocenters. The summed E-state index contributed by atoms with van der Waals surface area (Å²) in [6.45, 7) is 7.59. The minimum Gasteiger partial charge on any atom is -0.397 e. The second-order valence-electron chi connectivity index (χ2n) is 15.2. The lowest BCUT2D eigenvalue weighted by Crippen LogP contribution is -2.40. The number of nitrogens with zero attached hydrogens (tertiary/aromatic N) is 1. The van der Waals surface area contributed by atoms with Crippen LogP contribution in [0.5, 0.6) is 0 Å². The molecule has 1 saturated heterocycles. The van der Waals surface area contributed by atoms with E-state index in [0.29, 0.717) is 42.7 Å². The third-order valence-corrected chi connectivity index (χ3v) is 10.5. The molecule has 1 fully saturated rings. The number of benzene rings is 3. The number of nitrogens with two attached hydrogens (primary N) is 1. The normalized spacial score (nSPS) is 17.0. The quantitative estimate of drug-likeness (QED) is 0.0474. The summed E-state index contributed by atoms with van der Waals surface area (Å²) in [4.78, 5) is 27.7. The molecule has 0 aromatic heterocycles. The van der Waals surface area contributed by atoms with Gasteiger partial charge >= 0.3 is 0 Å². The fourth-order valence-corrected chi connectivity index (χ4v) is 7.19. The largest absolute Gasteiger partial charge is 0.397 e. The maximum atomic E-state index is 12.8. The van der Waals surface area contributed by atoms with Crippen molar-refractivity contribution in [1.82, 2.24) is 4.90 Å². The molecule has 0 spiro atoms. The first-order valence-corrected chi connectivity index (χ1v) is 21.2. The third-order valence-electron chi connectivity index (χ3n) is 10.5. The van der Waals surface area contributed by atoms with Crippen LogP contribution in [0.3, 0.4) is 0 Å². The van der Waals surface area contributed by atoms with E-state index in [1.165, 1.54) is 77.0 Å². The fourth-order valence-electron chi connectivity index (χ4n) is 7.19. The SMILES string of the molecule is CCCCCCCCN(CCCCCCCC)C[C@@H]1C[C@H](c2ccc(CO)cc2)O[C@H](c2ccc(NC(=O)CCCCC(=O)Nc3ccccc3N)cc2)O1. The molecule has 1 aliphatic rings. The predicted molar refractivity (Wildman–Crippen MR) is 225 cm³/mol. The van der Waals surface area contributed by atoms with E-state index in [2.05, 4.69) is 41.5 Å². The average Bonchev–Trinajstić information content (AvgIpc) is 3.20. The maximum absolute atomic E-state index is 12.8. The zero-order chi connectivity index (χ0) is 39.1. The lowest BCUT2D eigenvalue weighted by molar-refractivity contribution is -0.253. The monoisotopic (exact) mass is 757 g/mol. The van der Waals surface area contributed by atoms with Gasteiger partial charge in [-0.2, -0.15) is 0 Å². The van der Waals surface area contributed by atoms with Crippen molar-refractivity contribution in [2.45, 2.75) is 148 Å². The summed E-state index contributed by atoms with van der Waals surface area (Å²) in [5.41, 5.74) is 10.6. The Morgan fingerprint density at radius 2 is 1.25 bits per heavy atom. The smallest absolute Gasteiger partial charge is 0.224 e. The van der Waals surface area contributed by atoms with E-state index >= 15 is 0 Å². The van der Waals surface area contributed by atoms with Crippen LogP contribution in [0, 0.1) is 0 Å². The number of aliphatic hydroxyl groups is 1. The minimum atomic E-state index is -0.548. The molecule has 9 nitrogen and oxygen atoms in total. The number of anilines is 3. The molecule has 1 heterocycles. The molecule has 0 radical (unpaired) electrons. The first-order chi connectivity index (χ1) is 26.9. The Balaban J connectivity index is 1.34. The highest BCUT2D eigenvalue weighted by atomic mass is 16.7. The van der Waals surface area contributed by atoms with E-state index < -0.39 is 6.29 Å². The van der Waals surface area contributed by atoms with E-state index in [9.17, 15) is 14.7 Å². The van der Waals surface area contributed by atoms with Gasteiger partial charge in [0.2, 0.25) is 11.8 Å². The number of unbranched alkanes of at least 4 members (excludes halogenated alkanes) is 11. The molecule has 0 unspecified atom stereocenters. The molecule has 3 aromatic carbocycles. The molecule has 3 aromatic rings. The number of aliphatic hydroxyl groups excluding tert-OH is 1. The molecule has 1 aliphatic heterocycles. The van der Waals surface area contributed by atoms with Crippen LogP contribution < -0.4 is 16.4 Å². The zero-order valence-corrected chi connectivity index (χ0v) is 33.6. The van der Waals surface area contributed by atoms with E-state index in [-0.39, 0.29) is 30.6 Å². The van der Waals surface area contributed by atoms with Crippen molar-refractivity contribution in [2.75, 3.05) is 36.0 Å². The molecular weight excluding hydrogens is 689 g/mol. The van der Waals surface area contributed by atoms with Gasteiger partial charge in [0, 0.05) is 37.1 Å². The lowest BCUT2D eigenvalue weighted by Gasteiger charge is -2.38. The van der Waals surface area contributed by atoms with Crippen molar-refractivity contribution < 1.29 is 24.2 Å². The maximum Gasteiger partial charge on any atom is 0.224 e. The highest BCUT2D eigenvalue weighted by Crippen LogP contribution is 2.38. The van der Waals surface area contributed by atoms with Gasteiger partial charge in [0.1, 0.15) is 0 Å². The molecule has 0 bridgehead atoms. The highest BCUT2D eigenvalue weighted by molar-refractivity contribution is 5.94. The first kappa shape index (κ1) is 44.0. The van der Waals surface area contributed by atoms with Gasteiger partial charge in [-0.1, -0.05) is 127 Å². The molecule has 55 heavy (non-hydrogen) atoms. The molecule has 5 N–H and O–H groups in total. The van der Waals surface area contributed by atoms with E-state index in [4.69, 9.17) is 15.2 Å². The Hall–Kier alpha value is -3.76. The predicted octanol–water partition coefficient (Wildman–Crippen LogP) is 10.5. The molecule has 4 rings (SSSR count). The van der Waals surface area contributed by atoms with Crippen molar-refractivity contribution in [1.29, 1.82) is 0 Å². The molecular formula is C46H68N4O5. The van der Waals surface area contributed by atoms with Crippen LogP contribution in [-0.4, -0.2) is 47.6 Å². The second-order valence-corrected chi connectivity index (χ2v) is 15.2. The molecule has 302 valence electrons. The number of nitrogen functional groups attached to an aromatic ring is 1. The van der Waals surface area contributed by atoms with Gasteiger partial charge in [-0.05, 0) is 74.2 Å². The summed E-state index contributed by atoms with van der Waals surface area (Å²) in [7, 11) is 0. The van der Waals surface area contributed by atoms with Crippen molar-refractivity contribution in [3.05, 3.63) is 89.5 Å². The fraction of sp³-hybridized carbons (Fsp3) is 0.565. The van der Waals surface area contributed by atoms with E-state index in [1.807, 2.05) is 48.5 Å². The number of nitrogens with one attached hydrogen (secondary N) is 2. The highest BCUT2D eigenvalue weighted by Gasteiger charge is 2.33. The van der Waals surface area contributed by atoms with Crippen molar-refractivity contribution in [2.24, 2.45) is 0 Å². The van der Waals surface area contributed by atoms with Gasteiger partial charge in [0.15, 0.2) is 6.29 Å². The Bertz CT molecular complexity index is 1500. The van der Waals surface area contributed by atoms with Crippen LogP contribution in [0.15, 0.2) is 72.8 Å². The molecule has 2 amide bonds. The number of hydrogen-bond donors (Lipinski definition) is 4. The number of ether oxygens (including phenoxy) is 2. The summed E-state index contributed by atoms with van der Waals surface area (Å²) in [5, 5.41) is 15.5. The standard InChI is InChI=1S/C46H68N4O5/c1-3-5-7-9-11-17-31-50(32-18-12-10-8-6-4-2)34-40-33-43(37-25-23-36(35-51)24-26-37)55-46(54-40)38-27-29-39(30-28-38)48-44(52)21-15-16-22-45(53)49-42-20-14-13-19-41(42)47/h13-14,19-20,23-30,40,43,46,51H,3-12,15-18,21-22,31-35,47H2,1-2H3,(H,48,52)(H,49,53)/t40-,43+,46+/m0/s1. The van der Waals surface area contributed by atoms with Gasteiger partial charge in [-0.3, -0.25) is 9.59 Å². The van der Waals surface area contributed by atoms with Crippen LogP contribution in [0.25, 0.3) is 0 Å². The zero-order valence-electron chi connectivity index (χ0n) is 33.6. The number of hydrogen-bond acceptors (Lipinski definition) is 7. The van der Waals surface area contributed by atoms with Crippen LogP contribution in [0.4, 0.5) is 17.1 Å². The molecule has 9 heteroatoms. The number of carbonyl (C=O) groups is 2. The summed E-state index contributed by atoms with van der Waals surface area (Å²) < 4.78 is 13.4. The van der Waals surface area contributed by atoms with Crippen molar-refractivity contribution in [3.8, 4) is 0 Å². The third kappa shape index (κ3) is 16.5. The summed E-state index contributed by atoms with van der Waals surface area (Å²) in [5.74, 6) is -0.205. The van der Waals surface area contributed by atoms with Crippen LogP contribution in [0.2, 0.25) is 0 Å². The Morgan fingerprint density at radius 3 is 1.85 bits per heavy atom. The first-order valence-electron chi connectivity index (χ1n) is 21.2. The van der Waals surface area contributed by atoms with Crippen LogP contribution >= 0.6 is 0 Å². The topological polar surface area (TPSA) is 126 Å². The number of carbonyl (C=O) groups excluding carboxylic acids is 2. The van der Waals surface area contributed by atoms with Crippen LogP contribution in [-0.2, 0) is 25.7 Å². The number of amides is 2. The molecule has 0 saturated carbocycles. The van der Waals surface area contributed by atoms with Gasteiger partial charge in [-0.25, -0.2) is 0 Å².